The molecule has 0 radical (unpaired) electrons. The van der Waals surface area contributed by atoms with Gasteiger partial charge < -0.3 is 4.74 Å². The van der Waals surface area contributed by atoms with Gasteiger partial charge in [0, 0.05) is 17.4 Å². The molecular weight excluding hydrogens is 264 g/mol. The van der Waals surface area contributed by atoms with Crippen LogP contribution in [0.3, 0.4) is 0 Å². The number of rotatable bonds is 3. The highest BCUT2D eigenvalue weighted by molar-refractivity contribution is 9.09. The van der Waals surface area contributed by atoms with E-state index in [1.807, 2.05) is 0 Å². The van der Waals surface area contributed by atoms with Crippen LogP contribution >= 0.6 is 15.9 Å². The third-order valence-corrected chi connectivity index (χ3v) is 4.81. The van der Waals surface area contributed by atoms with E-state index in [9.17, 15) is 0 Å². The standard InChI is InChI=1S/C14H19BrO/c1-11-3-4-13(7-12(11)2)8-14(9-15)5-6-16-10-14/h3-4,7H,5-6,8-10H2,1-2H3. The van der Waals surface area contributed by atoms with Gasteiger partial charge in [-0.15, -0.1) is 0 Å². The molecule has 0 aliphatic carbocycles. The Balaban J connectivity index is 2.16. The van der Waals surface area contributed by atoms with Gasteiger partial charge in [0.2, 0.25) is 0 Å². The van der Waals surface area contributed by atoms with Crippen molar-refractivity contribution in [1.29, 1.82) is 0 Å². The van der Waals surface area contributed by atoms with Crippen LogP contribution in [0.2, 0.25) is 0 Å². The average Bonchev–Trinajstić information content (AvgIpc) is 2.73. The molecule has 0 saturated carbocycles. The van der Waals surface area contributed by atoms with E-state index in [1.165, 1.54) is 23.1 Å². The molecule has 0 bridgehead atoms. The van der Waals surface area contributed by atoms with Gasteiger partial charge in [-0.2, -0.15) is 0 Å². The summed E-state index contributed by atoms with van der Waals surface area (Å²) in [5.41, 5.74) is 4.52. The molecule has 1 aromatic rings. The smallest absolute Gasteiger partial charge is 0.0534 e. The number of alkyl halides is 1. The van der Waals surface area contributed by atoms with Crippen molar-refractivity contribution in [2.75, 3.05) is 18.5 Å². The Bertz CT molecular complexity index is 367. The van der Waals surface area contributed by atoms with E-state index >= 15 is 0 Å². The first kappa shape index (κ1) is 12.1. The maximum Gasteiger partial charge on any atom is 0.0534 e. The van der Waals surface area contributed by atoms with Crippen LogP contribution in [-0.4, -0.2) is 18.5 Å². The lowest BCUT2D eigenvalue weighted by Crippen LogP contribution is -2.25. The van der Waals surface area contributed by atoms with E-state index < -0.39 is 0 Å². The molecule has 1 aromatic carbocycles. The first-order valence-electron chi connectivity index (χ1n) is 5.85. The van der Waals surface area contributed by atoms with Gasteiger partial charge in [0.1, 0.15) is 0 Å². The van der Waals surface area contributed by atoms with Crippen LogP contribution < -0.4 is 0 Å². The summed E-state index contributed by atoms with van der Waals surface area (Å²) >= 11 is 3.64. The SMILES string of the molecule is Cc1ccc(CC2(CBr)CCOC2)cc1C. The second kappa shape index (κ2) is 4.89. The van der Waals surface area contributed by atoms with Crippen molar-refractivity contribution in [1.82, 2.24) is 0 Å². The fourth-order valence-corrected chi connectivity index (χ4v) is 2.93. The predicted molar refractivity (Wildman–Crippen MR) is 71.3 cm³/mol. The largest absolute Gasteiger partial charge is 0.381 e. The van der Waals surface area contributed by atoms with E-state index in [4.69, 9.17) is 4.74 Å². The third-order valence-electron chi connectivity index (χ3n) is 3.62. The summed E-state index contributed by atoms with van der Waals surface area (Å²) in [7, 11) is 0. The molecule has 0 N–H and O–H groups in total. The van der Waals surface area contributed by atoms with Gasteiger partial charge >= 0.3 is 0 Å². The average molecular weight is 283 g/mol. The zero-order valence-electron chi connectivity index (χ0n) is 10.1. The van der Waals surface area contributed by atoms with Crippen LogP contribution in [0.1, 0.15) is 23.1 Å². The molecule has 0 aromatic heterocycles. The van der Waals surface area contributed by atoms with Crippen molar-refractivity contribution in [3.63, 3.8) is 0 Å². The normalized spacial score (nSPS) is 24.9. The number of benzene rings is 1. The molecular formula is C14H19BrO. The molecule has 1 nitrogen and oxygen atoms in total. The molecule has 1 saturated heterocycles. The zero-order valence-corrected chi connectivity index (χ0v) is 11.6. The second-order valence-electron chi connectivity index (χ2n) is 5.03. The number of hydrogen-bond acceptors (Lipinski definition) is 1. The molecule has 2 heteroatoms. The minimum absolute atomic E-state index is 0.321. The van der Waals surface area contributed by atoms with Crippen molar-refractivity contribution in [2.45, 2.75) is 26.7 Å². The van der Waals surface area contributed by atoms with E-state index in [0.29, 0.717) is 5.41 Å². The summed E-state index contributed by atoms with van der Waals surface area (Å²) in [6, 6.07) is 6.80. The maximum absolute atomic E-state index is 5.55. The van der Waals surface area contributed by atoms with E-state index in [-0.39, 0.29) is 0 Å². The zero-order chi connectivity index (χ0) is 11.6. The molecule has 88 valence electrons. The molecule has 1 atom stereocenters. The molecule has 1 aliphatic heterocycles. The molecule has 0 spiro atoms. The topological polar surface area (TPSA) is 9.23 Å². The number of aryl methyl sites for hydroxylation is 2. The minimum Gasteiger partial charge on any atom is -0.381 e. The maximum atomic E-state index is 5.55. The lowest BCUT2D eigenvalue weighted by Gasteiger charge is -2.25. The van der Waals surface area contributed by atoms with Gasteiger partial charge in [0.15, 0.2) is 0 Å². The lowest BCUT2D eigenvalue weighted by atomic mass is 9.82. The van der Waals surface area contributed by atoms with Crippen LogP contribution in [0, 0.1) is 19.3 Å². The van der Waals surface area contributed by atoms with Gasteiger partial charge in [-0.25, -0.2) is 0 Å². The summed E-state index contributed by atoms with van der Waals surface area (Å²) in [4.78, 5) is 0. The van der Waals surface area contributed by atoms with Crippen molar-refractivity contribution in [2.24, 2.45) is 5.41 Å². The summed E-state index contributed by atoms with van der Waals surface area (Å²) in [6.07, 6.45) is 2.30. The Labute approximate surface area is 106 Å². The van der Waals surface area contributed by atoms with Crippen molar-refractivity contribution < 1.29 is 4.74 Å². The minimum atomic E-state index is 0.321. The molecule has 1 aliphatic rings. The quantitative estimate of drug-likeness (QED) is 0.769. The number of hydrogen-bond donors (Lipinski definition) is 0. The van der Waals surface area contributed by atoms with Gasteiger partial charge in [-0.1, -0.05) is 34.1 Å². The van der Waals surface area contributed by atoms with Gasteiger partial charge in [0.05, 0.1) is 6.61 Å². The lowest BCUT2D eigenvalue weighted by molar-refractivity contribution is 0.162. The fourth-order valence-electron chi connectivity index (χ4n) is 2.29. The molecule has 1 unspecified atom stereocenters. The molecule has 2 rings (SSSR count). The summed E-state index contributed by atoms with van der Waals surface area (Å²) in [5, 5.41) is 1.03. The van der Waals surface area contributed by atoms with Gasteiger partial charge in [-0.05, 0) is 43.4 Å². The number of halogens is 1. The first-order chi connectivity index (χ1) is 7.65. The Hall–Kier alpha value is -0.340. The highest BCUT2D eigenvalue weighted by Gasteiger charge is 2.33. The van der Waals surface area contributed by atoms with Crippen molar-refractivity contribution in [3.05, 3.63) is 34.9 Å². The van der Waals surface area contributed by atoms with E-state index in [0.717, 1.165) is 25.0 Å². The Kier molecular flexibility index (Phi) is 3.70. The predicted octanol–water partition coefficient (Wildman–Crippen LogP) is 3.65. The summed E-state index contributed by atoms with van der Waals surface area (Å²) in [6.45, 7) is 6.16. The van der Waals surface area contributed by atoms with E-state index in [1.54, 1.807) is 0 Å². The summed E-state index contributed by atoms with van der Waals surface area (Å²) < 4.78 is 5.55. The Morgan fingerprint density at radius 3 is 2.69 bits per heavy atom. The van der Waals surface area contributed by atoms with Crippen molar-refractivity contribution in [3.8, 4) is 0 Å². The van der Waals surface area contributed by atoms with Gasteiger partial charge in [-0.3, -0.25) is 0 Å². The first-order valence-corrected chi connectivity index (χ1v) is 6.97. The third kappa shape index (κ3) is 2.49. The molecule has 0 amide bonds. The van der Waals surface area contributed by atoms with Crippen LogP contribution in [0.25, 0.3) is 0 Å². The van der Waals surface area contributed by atoms with Crippen LogP contribution in [-0.2, 0) is 11.2 Å². The van der Waals surface area contributed by atoms with Gasteiger partial charge in [0.25, 0.3) is 0 Å². The molecule has 1 fully saturated rings. The highest BCUT2D eigenvalue weighted by Crippen LogP contribution is 2.34. The second-order valence-corrected chi connectivity index (χ2v) is 5.59. The number of ether oxygens (including phenoxy) is 1. The van der Waals surface area contributed by atoms with Crippen LogP contribution in [0.4, 0.5) is 0 Å². The Morgan fingerprint density at radius 2 is 2.12 bits per heavy atom. The Morgan fingerprint density at radius 1 is 1.31 bits per heavy atom. The molecule has 16 heavy (non-hydrogen) atoms. The van der Waals surface area contributed by atoms with Crippen LogP contribution in [0.15, 0.2) is 18.2 Å². The highest BCUT2D eigenvalue weighted by atomic mass is 79.9. The monoisotopic (exact) mass is 282 g/mol. The molecule has 1 heterocycles. The van der Waals surface area contributed by atoms with E-state index in [2.05, 4.69) is 48.0 Å². The van der Waals surface area contributed by atoms with Crippen LogP contribution in [0.5, 0.6) is 0 Å². The fraction of sp³-hybridized carbons (Fsp3) is 0.571. The van der Waals surface area contributed by atoms with Crippen molar-refractivity contribution >= 4 is 15.9 Å². The summed E-state index contributed by atoms with van der Waals surface area (Å²) in [5.74, 6) is 0.